The summed E-state index contributed by atoms with van der Waals surface area (Å²) in [6.45, 7) is 1.38. The van der Waals surface area contributed by atoms with E-state index in [0.717, 1.165) is 10.4 Å². The van der Waals surface area contributed by atoms with Crippen molar-refractivity contribution in [3.05, 3.63) is 66.2 Å². The highest BCUT2D eigenvalue weighted by Gasteiger charge is 2.20. The summed E-state index contributed by atoms with van der Waals surface area (Å²) in [5.41, 5.74) is 1.14. The van der Waals surface area contributed by atoms with Crippen molar-refractivity contribution in [1.82, 2.24) is 9.97 Å². The van der Waals surface area contributed by atoms with Crippen molar-refractivity contribution in [2.75, 3.05) is 18.5 Å². The summed E-state index contributed by atoms with van der Waals surface area (Å²) in [6, 6.07) is 11.1. The van der Waals surface area contributed by atoms with Crippen LogP contribution >= 0.6 is 11.3 Å². The van der Waals surface area contributed by atoms with Crippen molar-refractivity contribution in [3.63, 3.8) is 0 Å². The summed E-state index contributed by atoms with van der Waals surface area (Å²) in [4.78, 5) is 44.8. The van der Waals surface area contributed by atoms with Crippen LogP contribution in [0.4, 0.5) is 5.00 Å². The van der Waals surface area contributed by atoms with Crippen molar-refractivity contribution < 1.29 is 23.9 Å². The minimum Gasteiger partial charge on any atom is -0.462 e. The highest BCUT2D eigenvalue weighted by Crippen LogP contribution is 2.35. The normalized spacial score (nSPS) is 10.2. The third-order valence-electron chi connectivity index (χ3n) is 3.65. The van der Waals surface area contributed by atoms with Crippen LogP contribution in [0, 0.1) is 0 Å². The Morgan fingerprint density at radius 1 is 1.07 bits per heavy atom. The molecule has 3 aromatic rings. The predicted octanol–water partition coefficient (Wildman–Crippen LogP) is 3.18. The lowest BCUT2D eigenvalue weighted by molar-refractivity contribution is -0.119. The first-order chi connectivity index (χ1) is 14.1. The van der Waals surface area contributed by atoms with E-state index in [-0.39, 0.29) is 17.9 Å². The summed E-state index contributed by atoms with van der Waals surface area (Å²) in [5.74, 6) is -1.90. The molecule has 0 fully saturated rings. The lowest BCUT2D eigenvalue weighted by Gasteiger charge is -2.06. The summed E-state index contributed by atoms with van der Waals surface area (Å²) >= 11 is 1.23. The molecule has 0 aliphatic carbocycles. The zero-order valence-corrected chi connectivity index (χ0v) is 16.3. The third-order valence-corrected chi connectivity index (χ3v) is 4.74. The van der Waals surface area contributed by atoms with E-state index in [1.54, 1.807) is 13.0 Å². The fraction of sp³-hybridized carbons (Fsp3) is 0.150. The van der Waals surface area contributed by atoms with Gasteiger partial charge < -0.3 is 14.8 Å². The molecule has 29 heavy (non-hydrogen) atoms. The molecule has 0 aliphatic heterocycles. The summed E-state index contributed by atoms with van der Waals surface area (Å²) in [6.07, 6.45) is 4.01. The van der Waals surface area contributed by atoms with Crippen LogP contribution in [0.5, 0.6) is 0 Å². The van der Waals surface area contributed by atoms with Crippen molar-refractivity contribution in [2.24, 2.45) is 0 Å². The van der Waals surface area contributed by atoms with Crippen LogP contribution in [0.2, 0.25) is 0 Å². The second-order valence-corrected chi connectivity index (χ2v) is 6.71. The first-order valence-electron chi connectivity index (χ1n) is 8.68. The molecule has 9 heteroatoms. The smallest absolute Gasteiger partial charge is 0.359 e. The molecule has 0 saturated heterocycles. The number of thiophene rings is 1. The van der Waals surface area contributed by atoms with Gasteiger partial charge in [-0.1, -0.05) is 30.3 Å². The standard InChI is InChI=1S/C20H17N3O5S/c1-2-27-19(25)14-10-16(13-6-4-3-5-7-13)29-18(14)23-17(24)12-28-20(26)15-11-21-8-9-22-15/h3-11H,2,12H2,1H3,(H,23,24). The van der Waals surface area contributed by atoms with Gasteiger partial charge >= 0.3 is 11.9 Å². The molecule has 8 nitrogen and oxygen atoms in total. The van der Waals surface area contributed by atoms with Crippen LogP contribution < -0.4 is 5.32 Å². The number of hydrogen-bond donors (Lipinski definition) is 1. The zero-order valence-electron chi connectivity index (χ0n) is 15.5. The highest BCUT2D eigenvalue weighted by atomic mass is 32.1. The number of anilines is 1. The van der Waals surface area contributed by atoms with Crippen molar-refractivity contribution in [1.29, 1.82) is 0 Å². The van der Waals surface area contributed by atoms with Crippen LogP contribution in [0.3, 0.4) is 0 Å². The molecule has 1 amide bonds. The maximum Gasteiger partial charge on any atom is 0.359 e. The molecule has 3 rings (SSSR count). The number of ether oxygens (including phenoxy) is 2. The third kappa shape index (κ3) is 5.23. The number of carbonyl (C=O) groups excluding carboxylic acids is 3. The van der Waals surface area contributed by atoms with Gasteiger partial charge in [0, 0.05) is 17.3 Å². The van der Waals surface area contributed by atoms with Crippen LogP contribution in [0.1, 0.15) is 27.8 Å². The number of rotatable bonds is 7. The Labute approximate surface area is 170 Å². The largest absolute Gasteiger partial charge is 0.462 e. The van der Waals surface area contributed by atoms with Crippen molar-refractivity contribution in [3.8, 4) is 10.4 Å². The number of aromatic nitrogens is 2. The molecule has 0 atom stereocenters. The molecular formula is C20H17N3O5S. The summed E-state index contributed by atoms with van der Waals surface area (Å²) in [5, 5.41) is 2.93. The van der Waals surface area contributed by atoms with Gasteiger partial charge in [0.25, 0.3) is 5.91 Å². The van der Waals surface area contributed by atoms with Crippen LogP contribution in [-0.2, 0) is 14.3 Å². The van der Waals surface area contributed by atoms with Gasteiger partial charge in [-0.3, -0.25) is 9.78 Å². The molecule has 2 aromatic heterocycles. The van der Waals surface area contributed by atoms with E-state index in [9.17, 15) is 14.4 Å². The van der Waals surface area contributed by atoms with E-state index in [1.807, 2.05) is 30.3 Å². The Kier molecular flexibility index (Phi) is 6.64. The van der Waals surface area contributed by atoms with Crippen LogP contribution in [0.25, 0.3) is 10.4 Å². The van der Waals surface area contributed by atoms with Crippen molar-refractivity contribution in [2.45, 2.75) is 6.92 Å². The number of carbonyl (C=O) groups is 3. The Morgan fingerprint density at radius 3 is 2.55 bits per heavy atom. The fourth-order valence-electron chi connectivity index (χ4n) is 2.36. The Bertz CT molecular complexity index is 1010. The van der Waals surface area contributed by atoms with E-state index >= 15 is 0 Å². The summed E-state index contributed by atoms with van der Waals surface area (Å²) in [7, 11) is 0. The molecule has 0 saturated carbocycles. The van der Waals surface area contributed by atoms with Crippen molar-refractivity contribution >= 4 is 34.2 Å². The van der Waals surface area contributed by atoms with E-state index < -0.39 is 24.5 Å². The molecule has 1 aromatic carbocycles. The van der Waals surface area contributed by atoms with Gasteiger partial charge in [-0.2, -0.15) is 0 Å². The number of nitrogens with zero attached hydrogens (tertiary/aromatic N) is 2. The second kappa shape index (κ2) is 9.56. The molecule has 2 heterocycles. The number of hydrogen-bond acceptors (Lipinski definition) is 8. The van der Waals surface area contributed by atoms with Gasteiger partial charge in [0.05, 0.1) is 18.4 Å². The molecule has 0 bridgehead atoms. The van der Waals surface area contributed by atoms with Gasteiger partial charge in [0.15, 0.2) is 12.3 Å². The Balaban J connectivity index is 1.73. The molecule has 148 valence electrons. The SMILES string of the molecule is CCOC(=O)c1cc(-c2ccccc2)sc1NC(=O)COC(=O)c1cnccn1. The lowest BCUT2D eigenvalue weighted by atomic mass is 10.1. The number of amides is 1. The van der Waals surface area contributed by atoms with Gasteiger partial charge in [0.1, 0.15) is 5.00 Å². The lowest BCUT2D eigenvalue weighted by Crippen LogP contribution is -2.22. The first-order valence-corrected chi connectivity index (χ1v) is 9.49. The predicted molar refractivity (Wildman–Crippen MR) is 107 cm³/mol. The summed E-state index contributed by atoms with van der Waals surface area (Å²) < 4.78 is 10.0. The first kappa shape index (κ1) is 20.2. The second-order valence-electron chi connectivity index (χ2n) is 5.65. The van der Waals surface area contributed by atoms with Gasteiger partial charge in [-0.15, -0.1) is 11.3 Å². The zero-order chi connectivity index (χ0) is 20.6. The highest BCUT2D eigenvalue weighted by molar-refractivity contribution is 7.20. The minimum atomic E-state index is -0.768. The molecule has 0 unspecified atom stereocenters. The number of nitrogens with one attached hydrogen (secondary N) is 1. The van der Waals surface area contributed by atoms with E-state index in [4.69, 9.17) is 9.47 Å². The minimum absolute atomic E-state index is 0.00463. The molecule has 0 spiro atoms. The van der Waals surface area contributed by atoms with E-state index in [0.29, 0.717) is 5.00 Å². The molecular weight excluding hydrogens is 394 g/mol. The number of esters is 2. The van der Waals surface area contributed by atoms with Gasteiger partial charge in [-0.25, -0.2) is 14.6 Å². The molecule has 0 aliphatic rings. The fourth-order valence-corrected chi connectivity index (χ4v) is 3.43. The van der Waals surface area contributed by atoms with Gasteiger partial charge in [0.2, 0.25) is 0 Å². The maximum atomic E-state index is 12.3. The van der Waals surface area contributed by atoms with Crippen LogP contribution in [-0.4, -0.2) is 41.0 Å². The maximum absolute atomic E-state index is 12.3. The average molecular weight is 411 g/mol. The Morgan fingerprint density at radius 2 is 1.86 bits per heavy atom. The Hall–Kier alpha value is -3.59. The van der Waals surface area contributed by atoms with Gasteiger partial charge in [-0.05, 0) is 18.6 Å². The van der Waals surface area contributed by atoms with E-state index in [1.165, 1.54) is 29.9 Å². The number of benzene rings is 1. The molecule has 0 radical (unpaired) electrons. The van der Waals surface area contributed by atoms with Crippen LogP contribution in [0.15, 0.2) is 55.0 Å². The average Bonchev–Trinajstić information content (AvgIpc) is 3.17. The monoisotopic (exact) mass is 411 g/mol. The quantitative estimate of drug-likeness (QED) is 0.595. The van der Waals surface area contributed by atoms with E-state index in [2.05, 4.69) is 15.3 Å². The molecule has 1 N–H and O–H groups in total. The topological polar surface area (TPSA) is 107 Å².